The number of hydrogen-bond donors (Lipinski definition) is 2. The molecule has 0 spiro atoms. The number of carbonyl (C=O) groups excluding carboxylic acids is 2. The summed E-state index contributed by atoms with van der Waals surface area (Å²) in [7, 11) is 0. The average Bonchev–Trinajstić information content (AvgIpc) is 3.00. The monoisotopic (exact) mass is 566 g/mol. The van der Waals surface area contributed by atoms with Crippen LogP contribution in [0.4, 0.5) is 0 Å². The number of phenols is 2. The van der Waals surface area contributed by atoms with E-state index in [0.29, 0.717) is 16.7 Å². The first-order chi connectivity index (χ1) is 20.4. The summed E-state index contributed by atoms with van der Waals surface area (Å²) in [4.78, 5) is 26.2. The van der Waals surface area contributed by atoms with E-state index in [-0.39, 0.29) is 29.8 Å². The summed E-state index contributed by atoms with van der Waals surface area (Å²) in [5.74, 6) is -1.13. The summed E-state index contributed by atoms with van der Waals surface area (Å²) < 4.78 is 23.9. The minimum atomic E-state index is -1.14. The lowest BCUT2D eigenvalue weighted by atomic mass is 9.96. The van der Waals surface area contributed by atoms with Gasteiger partial charge in [-0.15, -0.1) is 0 Å². The molecule has 0 aliphatic carbocycles. The highest BCUT2D eigenvalue weighted by atomic mass is 16.7. The van der Waals surface area contributed by atoms with Crippen molar-refractivity contribution in [3.63, 3.8) is 0 Å². The number of carbonyl (C=O) groups is 2. The fourth-order valence-electron chi connectivity index (χ4n) is 4.54. The van der Waals surface area contributed by atoms with Crippen LogP contribution in [-0.2, 0) is 14.2 Å². The second-order valence-corrected chi connectivity index (χ2v) is 9.95. The molecule has 0 saturated carbocycles. The molecule has 214 valence electrons. The van der Waals surface area contributed by atoms with Crippen molar-refractivity contribution >= 4 is 24.1 Å². The summed E-state index contributed by atoms with van der Waals surface area (Å²) >= 11 is 0. The molecule has 8 heteroatoms. The van der Waals surface area contributed by atoms with Gasteiger partial charge in [-0.25, -0.2) is 9.59 Å². The van der Waals surface area contributed by atoms with E-state index in [4.69, 9.17) is 18.9 Å². The van der Waals surface area contributed by atoms with E-state index in [0.717, 1.165) is 5.56 Å². The van der Waals surface area contributed by atoms with Gasteiger partial charge in [0.15, 0.2) is 0 Å². The average molecular weight is 567 g/mol. The lowest BCUT2D eigenvalue weighted by Gasteiger charge is -2.40. The molecule has 4 aromatic carbocycles. The summed E-state index contributed by atoms with van der Waals surface area (Å²) in [5, 5.41) is 19.9. The van der Waals surface area contributed by atoms with Gasteiger partial charge in [0, 0.05) is 12.0 Å². The number of hydrogen-bond acceptors (Lipinski definition) is 8. The Labute approximate surface area is 243 Å². The van der Waals surface area contributed by atoms with Gasteiger partial charge in [-0.1, -0.05) is 67.6 Å². The first-order valence-electron chi connectivity index (χ1n) is 13.5. The Hall–Kier alpha value is -5.08. The fourth-order valence-corrected chi connectivity index (χ4v) is 4.54. The Morgan fingerprint density at radius 1 is 0.714 bits per heavy atom. The maximum atomic E-state index is 13.1. The van der Waals surface area contributed by atoms with Crippen LogP contribution in [0.3, 0.4) is 0 Å². The van der Waals surface area contributed by atoms with Crippen molar-refractivity contribution in [2.24, 2.45) is 5.92 Å². The third kappa shape index (κ3) is 7.16. The van der Waals surface area contributed by atoms with Gasteiger partial charge in [-0.2, -0.15) is 0 Å². The maximum absolute atomic E-state index is 13.1. The highest BCUT2D eigenvalue weighted by Gasteiger charge is 2.45. The van der Waals surface area contributed by atoms with E-state index < -0.39 is 30.4 Å². The van der Waals surface area contributed by atoms with E-state index in [2.05, 4.69) is 0 Å². The van der Waals surface area contributed by atoms with E-state index in [9.17, 15) is 19.8 Å². The minimum absolute atomic E-state index is 0.0491. The molecule has 0 bridgehead atoms. The number of phenolic OH excluding ortho intramolecular Hbond substituents is 2. The van der Waals surface area contributed by atoms with Crippen molar-refractivity contribution in [2.45, 2.75) is 25.4 Å². The molecule has 0 amide bonds. The fraction of sp³-hybridized carbons (Fsp3) is 0.176. The van der Waals surface area contributed by atoms with Gasteiger partial charge >= 0.3 is 11.9 Å². The van der Waals surface area contributed by atoms with Crippen molar-refractivity contribution in [2.75, 3.05) is 6.61 Å². The number of esters is 2. The second kappa shape index (κ2) is 13.1. The Morgan fingerprint density at radius 3 is 1.90 bits per heavy atom. The van der Waals surface area contributed by atoms with Gasteiger partial charge in [0.25, 0.3) is 0 Å². The number of aromatic hydroxyl groups is 2. The molecule has 4 aromatic rings. The summed E-state index contributed by atoms with van der Waals surface area (Å²) in [6.45, 7) is 2.01. The Balaban J connectivity index is 1.41. The summed E-state index contributed by atoms with van der Waals surface area (Å²) in [5.41, 5.74) is 2.16. The lowest BCUT2D eigenvalue weighted by molar-refractivity contribution is -0.225. The molecule has 0 unspecified atom stereocenters. The maximum Gasteiger partial charge on any atom is 0.338 e. The van der Waals surface area contributed by atoms with Gasteiger partial charge < -0.3 is 29.2 Å². The first kappa shape index (κ1) is 28.4. The topological polar surface area (TPSA) is 112 Å². The molecule has 1 fully saturated rings. The minimum Gasteiger partial charge on any atom is -0.508 e. The van der Waals surface area contributed by atoms with Crippen molar-refractivity contribution in [3.8, 4) is 17.2 Å². The second-order valence-electron chi connectivity index (χ2n) is 9.95. The molecule has 0 aromatic heterocycles. The van der Waals surface area contributed by atoms with E-state index >= 15 is 0 Å². The predicted molar refractivity (Wildman–Crippen MR) is 156 cm³/mol. The molecular weight excluding hydrogens is 536 g/mol. The molecule has 0 radical (unpaired) electrons. The molecule has 1 saturated heterocycles. The van der Waals surface area contributed by atoms with Crippen LogP contribution in [0.25, 0.3) is 12.2 Å². The van der Waals surface area contributed by atoms with Crippen LogP contribution >= 0.6 is 0 Å². The largest absolute Gasteiger partial charge is 0.508 e. The Morgan fingerprint density at radius 2 is 1.29 bits per heavy atom. The molecule has 2 N–H and O–H groups in total. The van der Waals surface area contributed by atoms with E-state index in [1.54, 1.807) is 103 Å². The molecule has 4 atom stereocenters. The van der Waals surface area contributed by atoms with Gasteiger partial charge in [0.05, 0.1) is 17.7 Å². The molecular formula is C34H30O8. The zero-order valence-corrected chi connectivity index (χ0v) is 22.8. The molecule has 1 aliphatic heterocycles. The highest BCUT2D eigenvalue weighted by Crippen LogP contribution is 2.31. The van der Waals surface area contributed by atoms with Crippen molar-refractivity contribution in [1.29, 1.82) is 0 Å². The van der Waals surface area contributed by atoms with Gasteiger partial charge in [-0.3, -0.25) is 0 Å². The summed E-state index contributed by atoms with van der Waals surface area (Å²) in [6, 6.07) is 28.4. The van der Waals surface area contributed by atoms with Crippen LogP contribution in [0.1, 0.15) is 38.8 Å². The van der Waals surface area contributed by atoms with Crippen LogP contribution in [0.5, 0.6) is 17.2 Å². The molecule has 1 heterocycles. The van der Waals surface area contributed by atoms with Gasteiger partial charge in [-0.05, 0) is 59.7 Å². The van der Waals surface area contributed by atoms with Crippen LogP contribution in [-0.4, -0.2) is 47.3 Å². The first-order valence-corrected chi connectivity index (χ1v) is 13.5. The van der Waals surface area contributed by atoms with Crippen molar-refractivity contribution < 1.29 is 38.7 Å². The van der Waals surface area contributed by atoms with Crippen molar-refractivity contribution in [1.82, 2.24) is 0 Å². The van der Waals surface area contributed by atoms with Crippen LogP contribution in [0.2, 0.25) is 0 Å². The van der Waals surface area contributed by atoms with Gasteiger partial charge in [0.1, 0.15) is 23.4 Å². The highest BCUT2D eigenvalue weighted by molar-refractivity contribution is 5.90. The van der Waals surface area contributed by atoms with Crippen LogP contribution in [0, 0.1) is 5.92 Å². The van der Waals surface area contributed by atoms with Gasteiger partial charge in [0.2, 0.25) is 12.4 Å². The smallest absolute Gasteiger partial charge is 0.338 e. The normalized spacial score (nSPS) is 20.1. The SMILES string of the molecule is C[C@@H]1CO[C@@H](Oc2cc(O)cc(/C=C/c3ccc(O)cc3)c2)[C@H](OC(=O)c2ccccc2)[C@H]1OC(=O)c1ccccc1. The third-order valence-electron chi connectivity index (χ3n) is 6.71. The Kier molecular flexibility index (Phi) is 8.84. The molecule has 42 heavy (non-hydrogen) atoms. The van der Waals surface area contributed by atoms with Crippen LogP contribution < -0.4 is 4.74 Å². The molecule has 5 rings (SSSR count). The summed E-state index contributed by atoms with van der Waals surface area (Å²) in [6.07, 6.45) is 0.460. The van der Waals surface area contributed by atoms with E-state index in [1.165, 1.54) is 6.07 Å². The zero-order chi connectivity index (χ0) is 29.5. The zero-order valence-electron chi connectivity index (χ0n) is 22.8. The van der Waals surface area contributed by atoms with E-state index in [1.807, 2.05) is 13.0 Å². The predicted octanol–water partition coefficient (Wildman–Crippen LogP) is 6.09. The number of benzene rings is 4. The molecule has 1 aliphatic rings. The lowest BCUT2D eigenvalue weighted by Crippen LogP contribution is -2.55. The quantitative estimate of drug-likeness (QED) is 0.195. The van der Waals surface area contributed by atoms with Crippen LogP contribution in [0.15, 0.2) is 103 Å². The number of ether oxygens (including phenoxy) is 4. The standard InChI is InChI=1S/C34H30O8/c1-22-21-39-34(40-29-19-24(18-28(36)20-29)13-12-23-14-16-27(35)17-15-23)31(42-33(38)26-10-6-3-7-11-26)30(22)41-32(37)25-8-4-2-5-9-25/h2-20,22,30-31,34-36H,21H2,1H3/b13-12+/t22-,30+,31-,34+/m1/s1. The van der Waals surface area contributed by atoms with Crippen molar-refractivity contribution in [3.05, 3.63) is 125 Å². The number of rotatable bonds is 8. The Bertz CT molecular complexity index is 1530. The molecule has 8 nitrogen and oxygen atoms in total. The third-order valence-corrected chi connectivity index (χ3v) is 6.71.